The summed E-state index contributed by atoms with van der Waals surface area (Å²) in [6.45, 7) is 7.60. The van der Waals surface area contributed by atoms with Crippen LogP contribution in [-0.2, 0) is 6.42 Å². The summed E-state index contributed by atoms with van der Waals surface area (Å²) >= 11 is 0. The van der Waals surface area contributed by atoms with E-state index in [1.165, 1.54) is 31.2 Å². The van der Waals surface area contributed by atoms with Crippen molar-refractivity contribution in [2.24, 2.45) is 5.92 Å². The predicted molar refractivity (Wildman–Crippen MR) is 134 cm³/mol. The standard InChI is InChI=1S/C31H31F/c1-3-5-7-28-19-20-29-22-25(14-21-30(29)31(28)32)9-8-24-12-17-27(18-13-24)26-15-10-23(6-4-2)11-16-26/h3-4,12-14,17-23,26H,1-2,5-7,10-11,15-16H2. The molecular weight excluding hydrogens is 391 g/mol. The summed E-state index contributed by atoms with van der Waals surface area (Å²) in [7, 11) is 0. The molecule has 0 nitrogen and oxygen atoms in total. The van der Waals surface area contributed by atoms with Gasteiger partial charge in [-0.25, -0.2) is 4.39 Å². The van der Waals surface area contributed by atoms with Crippen molar-refractivity contribution >= 4 is 10.8 Å². The van der Waals surface area contributed by atoms with Gasteiger partial charge in [0, 0.05) is 16.5 Å². The summed E-state index contributed by atoms with van der Waals surface area (Å²) in [5.41, 5.74) is 4.09. The van der Waals surface area contributed by atoms with Crippen LogP contribution < -0.4 is 0 Å². The molecule has 1 aliphatic carbocycles. The molecule has 0 amide bonds. The Morgan fingerprint density at radius 2 is 1.56 bits per heavy atom. The molecule has 0 bridgehead atoms. The topological polar surface area (TPSA) is 0 Å². The third-order valence-electron chi connectivity index (χ3n) is 6.73. The fourth-order valence-corrected chi connectivity index (χ4v) is 4.82. The van der Waals surface area contributed by atoms with Gasteiger partial charge in [0.25, 0.3) is 0 Å². The molecule has 0 aliphatic heterocycles. The van der Waals surface area contributed by atoms with Crippen LogP contribution in [0.3, 0.4) is 0 Å². The van der Waals surface area contributed by atoms with Crippen LogP contribution in [0, 0.1) is 23.6 Å². The quantitative estimate of drug-likeness (QED) is 0.276. The molecule has 0 saturated heterocycles. The minimum atomic E-state index is -0.127. The molecule has 162 valence electrons. The highest BCUT2D eigenvalue weighted by molar-refractivity contribution is 5.85. The summed E-state index contributed by atoms with van der Waals surface area (Å²) in [5, 5.41) is 1.54. The van der Waals surface area contributed by atoms with Gasteiger partial charge >= 0.3 is 0 Å². The largest absolute Gasteiger partial charge is 0.206 e. The van der Waals surface area contributed by atoms with Gasteiger partial charge in [-0.15, -0.1) is 13.2 Å². The maximum absolute atomic E-state index is 14.8. The first-order valence-corrected chi connectivity index (χ1v) is 11.7. The molecule has 1 fully saturated rings. The molecule has 0 N–H and O–H groups in total. The number of hydrogen-bond acceptors (Lipinski definition) is 0. The van der Waals surface area contributed by atoms with Gasteiger partial charge in [-0.05, 0) is 97.6 Å². The Bertz CT molecular complexity index is 1150. The van der Waals surface area contributed by atoms with Crippen molar-refractivity contribution in [3.8, 4) is 11.8 Å². The number of aryl methyl sites for hydroxylation is 1. The highest BCUT2D eigenvalue weighted by Gasteiger charge is 2.21. The van der Waals surface area contributed by atoms with Crippen LogP contribution in [0.4, 0.5) is 4.39 Å². The monoisotopic (exact) mass is 422 g/mol. The lowest BCUT2D eigenvalue weighted by atomic mass is 9.77. The van der Waals surface area contributed by atoms with E-state index in [1.807, 2.05) is 36.4 Å². The smallest absolute Gasteiger partial charge is 0.134 e. The number of hydrogen-bond donors (Lipinski definition) is 0. The van der Waals surface area contributed by atoms with Crippen LogP contribution in [0.25, 0.3) is 10.8 Å². The van der Waals surface area contributed by atoms with E-state index in [4.69, 9.17) is 0 Å². The van der Waals surface area contributed by atoms with E-state index < -0.39 is 0 Å². The zero-order chi connectivity index (χ0) is 22.3. The minimum absolute atomic E-state index is 0.127. The van der Waals surface area contributed by atoms with E-state index in [0.717, 1.165) is 40.8 Å². The molecule has 0 spiro atoms. The molecule has 1 aliphatic rings. The molecule has 3 aromatic rings. The van der Waals surface area contributed by atoms with E-state index in [0.29, 0.717) is 17.7 Å². The van der Waals surface area contributed by atoms with E-state index >= 15 is 0 Å². The second-order valence-electron chi connectivity index (χ2n) is 8.92. The molecule has 3 aromatic carbocycles. The molecule has 0 radical (unpaired) electrons. The van der Waals surface area contributed by atoms with Gasteiger partial charge < -0.3 is 0 Å². The van der Waals surface area contributed by atoms with Gasteiger partial charge in [-0.1, -0.05) is 54.3 Å². The summed E-state index contributed by atoms with van der Waals surface area (Å²) in [5.74, 6) is 7.88. The Morgan fingerprint density at radius 1 is 0.844 bits per heavy atom. The van der Waals surface area contributed by atoms with E-state index in [-0.39, 0.29) is 5.82 Å². The SMILES string of the molecule is C=CCCc1ccc2cc(C#Cc3ccc(C4CCC(CC=C)CC4)cc3)ccc2c1F. The maximum Gasteiger partial charge on any atom is 0.134 e. The Balaban J connectivity index is 1.45. The second-order valence-corrected chi connectivity index (χ2v) is 8.92. The van der Waals surface area contributed by atoms with E-state index in [9.17, 15) is 4.39 Å². The van der Waals surface area contributed by atoms with Gasteiger partial charge in [0.1, 0.15) is 5.82 Å². The zero-order valence-electron chi connectivity index (χ0n) is 18.7. The van der Waals surface area contributed by atoms with Crippen molar-refractivity contribution in [3.05, 3.63) is 108 Å². The normalized spacial score (nSPS) is 18.0. The summed E-state index contributed by atoms with van der Waals surface area (Å²) in [6, 6.07) is 18.3. The molecule has 32 heavy (non-hydrogen) atoms. The van der Waals surface area contributed by atoms with Crippen molar-refractivity contribution in [1.82, 2.24) is 0 Å². The Labute approximate surface area is 191 Å². The predicted octanol–water partition coefficient (Wildman–Crippen LogP) is 8.35. The van der Waals surface area contributed by atoms with E-state index in [1.54, 1.807) is 0 Å². The average molecular weight is 423 g/mol. The average Bonchev–Trinajstić information content (AvgIpc) is 2.83. The molecule has 0 unspecified atom stereocenters. The Kier molecular flexibility index (Phi) is 7.23. The number of halogens is 1. The van der Waals surface area contributed by atoms with Crippen LogP contribution in [-0.4, -0.2) is 0 Å². The van der Waals surface area contributed by atoms with Crippen molar-refractivity contribution in [3.63, 3.8) is 0 Å². The summed E-state index contributed by atoms with van der Waals surface area (Å²) in [6.07, 6.45) is 11.6. The van der Waals surface area contributed by atoms with Crippen molar-refractivity contribution in [2.75, 3.05) is 0 Å². The Morgan fingerprint density at radius 3 is 2.28 bits per heavy atom. The summed E-state index contributed by atoms with van der Waals surface area (Å²) < 4.78 is 14.8. The van der Waals surface area contributed by atoms with Gasteiger partial charge in [0.2, 0.25) is 0 Å². The molecule has 1 saturated carbocycles. The first-order valence-electron chi connectivity index (χ1n) is 11.7. The highest BCUT2D eigenvalue weighted by atomic mass is 19.1. The lowest BCUT2D eigenvalue weighted by molar-refractivity contribution is 0.328. The summed E-state index contributed by atoms with van der Waals surface area (Å²) in [4.78, 5) is 0. The highest BCUT2D eigenvalue weighted by Crippen LogP contribution is 2.37. The van der Waals surface area contributed by atoms with Crippen molar-refractivity contribution in [2.45, 2.75) is 50.9 Å². The molecule has 0 aromatic heterocycles. The van der Waals surface area contributed by atoms with Crippen molar-refractivity contribution < 1.29 is 4.39 Å². The van der Waals surface area contributed by atoms with Crippen molar-refractivity contribution in [1.29, 1.82) is 0 Å². The molecule has 0 atom stereocenters. The molecular formula is C31H31F. The number of allylic oxidation sites excluding steroid dienone is 2. The third-order valence-corrected chi connectivity index (χ3v) is 6.73. The van der Waals surface area contributed by atoms with Gasteiger partial charge in [-0.2, -0.15) is 0 Å². The van der Waals surface area contributed by atoms with Gasteiger partial charge in [0.05, 0.1) is 0 Å². The number of benzene rings is 3. The van der Waals surface area contributed by atoms with Crippen LogP contribution in [0.2, 0.25) is 0 Å². The molecule has 1 heteroatoms. The first kappa shape index (κ1) is 22.1. The van der Waals surface area contributed by atoms with Gasteiger partial charge in [0.15, 0.2) is 0 Å². The van der Waals surface area contributed by atoms with Crippen LogP contribution in [0.5, 0.6) is 0 Å². The van der Waals surface area contributed by atoms with Gasteiger partial charge in [-0.3, -0.25) is 0 Å². The van der Waals surface area contributed by atoms with Crippen LogP contribution in [0.1, 0.15) is 66.7 Å². The first-order chi connectivity index (χ1) is 15.7. The fraction of sp³-hybridized carbons (Fsp3) is 0.290. The fourth-order valence-electron chi connectivity index (χ4n) is 4.82. The van der Waals surface area contributed by atoms with Crippen LogP contribution >= 0.6 is 0 Å². The number of rotatable bonds is 6. The van der Waals surface area contributed by atoms with E-state index in [2.05, 4.69) is 55.3 Å². The molecule has 4 rings (SSSR count). The number of fused-ring (bicyclic) bond motifs is 1. The van der Waals surface area contributed by atoms with Crippen LogP contribution in [0.15, 0.2) is 79.9 Å². The third kappa shape index (κ3) is 5.20. The minimum Gasteiger partial charge on any atom is -0.206 e. The second kappa shape index (κ2) is 10.5. The lowest BCUT2D eigenvalue weighted by Gasteiger charge is -2.28. The maximum atomic E-state index is 14.8. The Hall–Kier alpha value is -3.11. The zero-order valence-corrected chi connectivity index (χ0v) is 18.7. The molecule has 0 heterocycles. The lowest BCUT2D eigenvalue weighted by Crippen LogP contribution is -2.12.